The van der Waals surface area contributed by atoms with Gasteiger partial charge in [0.1, 0.15) is 0 Å². The van der Waals surface area contributed by atoms with Crippen LogP contribution >= 0.6 is 0 Å². The van der Waals surface area contributed by atoms with Gasteiger partial charge < -0.3 is 10.6 Å². The Labute approximate surface area is 99.4 Å². The molecule has 1 atom stereocenters. The summed E-state index contributed by atoms with van der Waals surface area (Å²) in [6.07, 6.45) is 4.39. The van der Waals surface area contributed by atoms with Crippen molar-refractivity contribution in [1.82, 2.24) is 10.6 Å². The van der Waals surface area contributed by atoms with Gasteiger partial charge in [0.05, 0.1) is 0 Å². The van der Waals surface area contributed by atoms with Gasteiger partial charge in [-0.15, -0.1) is 0 Å². The van der Waals surface area contributed by atoms with Crippen molar-refractivity contribution in [3.8, 4) is 0 Å². The van der Waals surface area contributed by atoms with Crippen molar-refractivity contribution in [2.24, 2.45) is 11.3 Å². The van der Waals surface area contributed by atoms with Crippen molar-refractivity contribution in [2.75, 3.05) is 19.6 Å². The third-order valence-electron chi connectivity index (χ3n) is 3.67. The molecular formula is C13H26N2O. The minimum Gasteiger partial charge on any atom is -0.355 e. The van der Waals surface area contributed by atoms with Crippen molar-refractivity contribution in [1.29, 1.82) is 0 Å². The number of carbonyl (C=O) groups is 1. The Morgan fingerprint density at radius 1 is 1.44 bits per heavy atom. The Balaban J connectivity index is 2.29. The van der Waals surface area contributed by atoms with E-state index in [4.69, 9.17) is 0 Å². The molecule has 0 aromatic carbocycles. The van der Waals surface area contributed by atoms with Gasteiger partial charge in [-0.1, -0.05) is 27.2 Å². The largest absolute Gasteiger partial charge is 0.355 e. The van der Waals surface area contributed by atoms with Crippen LogP contribution < -0.4 is 10.6 Å². The Bertz CT molecular complexity index is 222. The standard InChI is InChI=1S/C13H26N2O/c1-4-5-11(2)12(16)15-10-13(3)6-8-14-9-7-13/h11,14H,4-10H2,1-3H3,(H,15,16). The Morgan fingerprint density at radius 3 is 2.62 bits per heavy atom. The summed E-state index contributed by atoms with van der Waals surface area (Å²) in [5.74, 6) is 0.386. The summed E-state index contributed by atoms with van der Waals surface area (Å²) in [4.78, 5) is 11.8. The molecule has 94 valence electrons. The molecule has 0 radical (unpaired) electrons. The summed E-state index contributed by atoms with van der Waals surface area (Å²) in [6.45, 7) is 9.41. The fourth-order valence-corrected chi connectivity index (χ4v) is 2.25. The normalized spacial score (nSPS) is 21.4. The van der Waals surface area contributed by atoms with Gasteiger partial charge in [-0.25, -0.2) is 0 Å². The average molecular weight is 226 g/mol. The van der Waals surface area contributed by atoms with E-state index in [9.17, 15) is 4.79 Å². The third-order valence-corrected chi connectivity index (χ3v) is 3.67. The molecule has 1 heterocycles. The first-order valence-electron chi connectivity index (χ1n) is 6.56. The first-order chi connectivity index (χ1) is 7.57. The fourth-order valence-electron chi connectivity index (χ4n) is 2.25. The number of nitrogens with one attached hydrogen (secondary N) is 2. The summed E-state index contributed by atoms with van der Waals surface area (Å²) in [5, 5.41) is 6.47. The Morgan fingerprint density at radius 2 is 2.06 bits per heavy atom. The summed E-state index contributed by atoms with van der Waals surface area (Å²) in [6, 6.07) is 0. The lowest BCUT2D eigenvalue weighted by molar-refractivity contribution is -0.125. The van der Waals surface area contributed by atoms with Gasteiger partial charge in [0.2, 0.25) is 5.91 Å². The molecule has 0 saturated carbocycles. The lowest BCUT2D eigenvalue weighted by atomic mass is 9.81. The highest BCUT2D eigenvalue weighted by molar-refractivity contribution is 5.78. The number of hydrogen-bond donors (Lipinski definition) is 2. The predicted molar refractivity (Wildman–Crippen MR) is 67.3 cm³/mol. The molecule has 16 heavy (non-hydrogen) atoms. The van der Waals surface area contributed by atoms with E-state index in [1.54, 1.807) is 0 Å². The Hall–Kier alpha value is -0.570. The van der Waals surface area contributed by atoms with Crippen molar-refractivity contribution >= 4 is 5.91 Å². The first kappa shape index (κ1) is 13.5. The molecular weight excluding hydrogens is 200 g/mol. The van der Waals surface area contributed by atoms with Crippen LogP contribution in [0.4, 0.5) is 0 Å². The van der Waals surface area contributed by atoms with Crippen molar-refractivity contribution in [3.05, 3.63) is 0 Å². The SMILES string of the molecule is CCCC(C)C(=O)NCC1(C)CCNCC1. The molecule has 1 rings (SSSR count). The van der Waals surface area contributed by atoms with E-state index >= 15 is 0 Å². The van der Waals surface area contributed by atoms with Crippen LogP contribution in [0.1, 0.15) is 46.5 Å². The third kappa shape index (κ3) is 4.12. The molecule has 1 fully saturated rings. The maximum absolute atomic E-state index is 11.8. The van der Waals surface area contributed by atoms with Crippen LogP contribution in [0.25, 0.3) is 0 Å². The molecule has 1 amide bonds. The summed E-state index contributed by atoms with van der Waals surface area (Å²) in [7, 11) is 0. The van der Waals surface area contributed by atoms with Crippen molar-refractivity contribution < 1.29 is 4.79 Å². The predicted octanol–water partition coefficient (Wildman–Crippen LogP) is 1.93. The number of carbonyl (C=O) groups excluding carboxylic acids is 1. The number of rotatable bonds is 5. The molecule has 0 aliphatic carbocycles. The van der Waals surface area contributed by atoms with E-state index in [-0.39, 0.29) is 11.8 Å². The van der Waals surface area contributed by atoms with Crippen LogP contribution in [-0.4, -0.2) is 25.5 Å². The summed E-state index contributed by atoms with van der Waals surface area (Å²) in [5.41, 5.74) is 0.298. The highest BCUT2D eigenvalue weighted by atomic mass is 16.1. The molecule has 3 nitrogen and oxygen atoms in total. The first-order valence-corrected chi connectivity index (χ1v) is 6.56. The van der Waals surface area contributed by atoms with E-state index in [2.05, 4.69) is 24.5 Å². The van der Waals surface area contributed by atoms with E-state index in [0.717, 1.165) is 45.3 Å². The molecule has 0 bridgehead atoms. The van der Waals surface area contributed by atoms with Gasteiger partial charge >= 0.3 is 0 Å². The second-order valence-corrected chi connectivity index (χ2v) is 5.47. The van der Waals surface area contributed by atoms with Gasteiger partial charge in [-0.05, 0) is 37.8 Å². The number of piperidine rings is 1. The van der Waals surface area contributed by atoms with Crippen LogP contribution in [0, 0.1) is 11.3 Å². The molecule has 2 N–H and O–H groups in total. The molecule has 0 spiro atoms. The maximum Gasteiger partial charge on any atom is 0.222 e. The van der Waals surface area contributed by atoms with Crippen molar-refractivity contribution in [3.63, 3.8) is 0 Å². The number of amides is 1. The van der Waals surface area contributed by atoms with Gasteiger partial charge in [0, 0.05) is 12.5 Å². The fraction of sp³-hybridized carbons (Fsp3) is 0.923. The summed E-state index contributed by atoms with van der Waals surface area (Å²) < 4.78 is 0. The van der Waals surface area contributed by atoms with E-state index in [1.165, 1.54) is 0 Å². The molecule has 0 aromatic rings. The topological polar surface area (TPSA) is 41.1 Å². The second-order valence-electron chi connectivity index (χ2n) is 5.47. The highest BCUT2D eigenvalue weighted by Gasteiger charge is 2.27. The van der Waals surface area contributed by atoms with Gasteiger partial charge in [0.15, 0.2) is 0 Å². The minimum absolute atomic E-state index is 0.162. The lowest BCUT2D eigenvalue weighted by Crippen LogP contribution is -2.44. The van der Waals surface area contributed by atoms with Gasteiger partial charge in [-0.2, -0.15) is 0 Å². The van der Waals surface area contributed by atoms with Crippen LogP contribution in [0.3, 0.4) is 0 Å². The van der Waals surface area contributed by atoms with E-state index in [0.29, 0.717) is 5.41 Å². The molecule has 0 aromatic heterocycles. The zero-order valence-electron chi connectivity index (χ0n) is 10.9. The van der Waals surface area contributed by atoms with Crippen LogP contribution in [0.2, 0.25) is 0 Å². The molecule has 1 unspecified atom stereocenters. The zero-order chi connectivity index (χ0) is 12.0. The van der Waals surface area contributed by atoms with Gasteiger partial charge in [-0.3, -0.25) is 4.79 Å². The quantitative estimate of drug-likeness (QED) is 0.752. The molecule has 1 aliphatic rings. The minimum atomic E-state index is 0.162. The molecule has 1 saturated heterocycles. The van der Waals surface area contributed by atoms with E-state index in [1.807, 2.05) is 6.92 Å². The summed E-state index contributed by atoms with van der Waals surface area (Å²) >= 11 is 0. The lowest BCUT2D eigenvalue weighted by Gasteiger charge is -2.34. The monoisotopic (exact) mass is 226 g/mol. The van der Waals surface area contributed by atoms with Crippen molar-refractivity contribution in [2.45, 2.75) is 46.5 Å². The van der Waals surface area contributed by atoms with Gasteiger partial charge in [0.25, 0.3) is 0 Å². The van der Waals surface area contributed by atoms with Crippen LogP contribution in [0.5, 0.6) is 0 Å². The molecule has 3 heteroatoms. The van der Waals surface area contributed by atoms with Crippen LogP contribution in [0.15, 0.2) is 0 Å². The highest BCUT2D eigenvalue weighted by Crippen LogP contribution is 2.26. The Kier molecular flexibility index (Phi) is 5.26. The van der Waals surface area contributed by atoms with E-state index < -0.39 is 0 Å². The average Bonchev–Trinajstić information content (AvgIpc) is 2.27. The second kappa shape index (κ2) is 6.24. The zero-order valence-corrected chi connectivity index (χ0v) is 10.9. The van der Waals surface area contributed by atoms with Crippen LogP contribution in [-0.2, 0) is 4.79 Å². The smallest absolute Gasteiger partial charge is 0.222 e. The maximum atomic E-state index is 11.8. The number of hydrogen-bond acceptors (Lipinski definition) is 2. The molecule has 1 aliphatic heterocycles.